The van der Waals surface area contributed by atoms with Gasteiger partial charge >= 0.3 is 5.69 Å². The van der Waals surface area contributed by atoms with Crippen molar-refractivity contribution in [3.63, 3.8) is 0 Å². The number of rotatable bonds is 9. The standard InChI is InChI=1S/C25H28N2O8/c1-32-18-7-3-16(4-8-18)13-27-21(29)11-12-26(25(27)31)24-22(30)23(20(14-28)35-24)34-15-17-5-9-19(33-2)10-6-17/h3-12,20,22-24,28,30H,13-15H2,1-2H3/t20-,22-,23-,24-/m1/s1. The minimum Gasteiger partial charge on any atom is -0.497 e. The van der Waals surface area contributed by atoms with Crippen molar-refractivity contribution in [2.75, 3.05) is 20.8 Å². The van der Waals surface area contributed by atoms with Gasteiger partial charge in [0.15, 0.2) is 6.23 Å². The van der Waals surface area contributed by atoms with Crippen LogP contribution >= 0.6 is 0 Å². The maximum absolute atomic E-state index is 13.2. The Hall–Kier alpha value is -3.44. The van der Waals surface area contributed by atoms with E-state index in [0.29, 0.717) is 11.5 Å². The van der Waals surface area contributed by atoms with Gasteiger partial charge in [-0.2, -0.15) is 0 Å². The lowest BCUT2D eigenvalue weighted by atomic mass is 10.1. The molecule has 0 radical (unpaired) electrons. The van der Waals surface area contributed by atoms with Crippen LogP contribution < -0.4 is 20.7 Å². The molecule has 1 aliphatic heterocycles. The van der Waals surface area contributed by atoms with E-state index >= 15 is 0 Å². The Morgan fingerprint density at radius 2 is 1.51 bits per heavy atom. The van der Waals surface area contributed by atoms with E-state index in [4.69, 9.17) is 18.9 Å². The molecule has 0 unspecified atom stereocenters. The number of ether oxygens (including phenoxy) is 4. The molecule has 4 atom stereocenters. The van der Waals surface area contributed by atoms with Gasteiger partial charge in [-0.25, -0.2) is 4.79 Å². The first kappa shape index (κ1) is 24.7. The van der Waals surface area contributed by atoms with Gasteiger partial charge in [0.05, 0.1) is 34.0 Å². The molecule has 1 saturated heterocycles. The maximum Gasteiger partial charge on any atom is 0.333 e. The Labute approximate surface area is 201 Å². The van der Waals surface area contributed by atoms with Gasteiger partial charge in [-0.15, -0.1) is 0 Å². The zero-order chi connectivity index (χ0) is 24.9. The fourth-order valence-corrected chi connectivity index (χ4v) is 4.00. The molecule has 186 valence electrons. The average molecular weight is 485 g/mol. The van der Waals surface area contributed by atoms with Gasteiger partial charge in [-0.1, -0.05) is 24.3 Å². The van der Waals surface area contributed by atoms with Crippen LogP contribution in [0.4, 0.5) is 0 Å². The number of aliphatic hydroxyl groups excluding tert-OH is 2. The lowest BCUT2D eigenvalue weighted by Crippen LogP contribution is -2.43. The molecule has 2 aromatic carbocycles. The molecule has 0 saturated carbocycles. The van der Waals surface area contributed by atoms with Gasteiger partial charge in [0.2, 0.25) is 0 Å². The van der Waals surface area contributed by atoms with Crippen molar-refractivity contribution < 1.29 is 29.2 Å². The van der Waals surface area contributed by atoms with Crippen molar-refractivity contribution in [2.45, 2.75) is 37.7 Å². The summed E-state index contributed by atoms with van der Waals surface area (Å²) >= 11 is 0. The molecule has 3 aromatic rings. The van der Waals surface area contributed by atoms with Crippen LogP contribution in [0.3, 0.4) is 0 Å². The second-order valence-corrected chi connectivity index (χ2v) is 8.14. The highest BCUT2D eigenvalue weighted by Crippen LogP contribution is 2.31. The molecule has 2 N–H and O–H groups in total. The second-order valence-electron chi connectivity index (χ2n) is 8.14. The molecular formula is C25H28N2O8. The molecule has 2 heterocycles. The van der Waals surface area contributed by atoms with Crippen LogP contribution in [0.5, 0.6) is 11.5 Å². The summed E-state index contributed by atoms with van der Waals surface area (Å²) in [5.74, 6) is 1.36. The van der Waals surface area contributed by atoms with E-state index in [0.717, 1.165) is 20.3 Å². The van der Waals surface area contributed by atoms with Crippen LogP contribution in [0.1, 0.15) is 17.4 Å². The summed E-state index contributed by atoms with van der Waals surface area (Å²) in [5, 5.41) is 20.8. The zero-order valence-corrected chi connectivity index (χ0v) is 19.4. The molecule has 0 aliphatic carbocycles. The summed E-state index contributed by atoms with van der Waals surface area (Å²) in [7, 11) is 3.13. The molecule has 1 fully saturated rings. The predicted molar refractivity (Wildman–Crippen MR) is 126 cm³/mol. The van der Waals surface area contributed by atoms with Gasteiger partial charge in [0.1, 0.15) is 29.8 Å². The third kappa shape index (κ3) is 5.30. The number of nitrogens with zero attached hydrogens (tertiary/aromatic N) is 2. The molecule has 0 bridgehead atoms. The number of aromatic nitrogens is 2. The quantitative estimate of drug-likeness (QED) is 0.460. The fraction of sp³-hybridized carbons (Fsp3) is 0.360. The first-order chi connectivity index (χ1) is 16.9. The van der Waals surface area contributed by atoms with Gasteiger partial charge in [0, 0.05) is 12.3 Å². The molecule has 0 spiro atoms. The average Bonchev–Trinajstić information content (AvgIpc) is 3.20. The molecule has 10 heteroatoms. The van der Waals surface area contributed by atoms with Crippen LogP contribution in [0.15, 0.2) is 70.4 Å². The molecule has 0 amide bonds. The van der Waals surface area contributed by atoms with Crippen molar-refractivity contribution in [3.8, 4) is 11.5 Å². The smallest absolute Gasteiger partial charge is 0.333 e. The van der Waals surface area contributed by atoms with E-state index in [-0.39, 0.29) is 13.2 Å². The monoisotopic (exact) mass is 484 g/mol. The van der Waals surface area contributed by atoms with Crippen LogP contribution in [-0.2, 0) is 22.6 Å². The first-order valence-electron chi connectivity index (χ1n) is 11.1. The SMILES string of the molecule is COc1ccc(CO[C@H]2[C@@H](O)[C@H](n3ccc(=O)n(Cc4ccc(OC)cc4)c3=O)O[C@@H]2CO)cc1. The first-order valence-corrected chi connectivity index (χ1v) is 11.1. The highest BCUT2D eigenvalue weighted by Gasteiger charge is 2.45. The molecule has 1 aliphatic rings. The summed E-state index contributed by atoms with van der Waals surface area (Å²) in [4.78, 5) is 25.6. The molecule has 10 nitrogen and oxygen atoms in total. The van der Waals surface area contributed by atoms with Crippen LogP contribution in [-0.4, -0.2) is 58.5 Å². The summed E-state index contributed by atoms with van der Waals surface area (Å²) < 4.78 is 24.1. The highest BCUT2D eigenvalue weighted by atomic mass is 16.6. The number of methoxy groups -OCH3 is 2. The normalized spacial score (nSPS) is 21.7. The third-order valence-corrected chi connectivity index (χ3v) is 5.96. The van der Waals surface area contributed by atoms with Gasteiger partial charge in [-0.3, -0.25) is 13.9 Å². The Balaban J connectivity index is 1.54. The van der Waals surface area contributed by atoms with E-state index in [9.17, 15) is 19.8 Å². The van der Waals surface area contributed by atoms with Gasteiger partial charge in [0.25, 0.3) is 5.56 Å². The zero-order valence-electron chi connectivity index (χ0n) is 19.4. The largest absolute Gasteiger partial charge is 0.497 e. The highest BCUT2D eigenvalue weighted by molar-refractivity contribution is 5.28. The molecular weight excluding hydrogens is 456 g/mol. The minimum atomic E-state index is -1.25. The van der Waals surface area contributed by atoms with E-state index in [2.05, 4.69) is 0 Å². The van der Waals surface area contributed by atoms with E-state index in [1.54, 1.807) is 50.6 Å². The van der Waals surface area contributed by atoms with E-state index in [1.165, 1.54) is 12.3 Å². The van der Waals surface area contributed by atoms with Crippen molar-refractivity contribution in [1.82, 2.24) is 9.13 Å². The van der Waals surface area contributed by atoms with Crippen molar-refractivity contribution in [1.29, 1.82) is 0 Å². The van der Waals surface area contributed by atoms with Gasteiger partial charge < -0.3 is 29.2 Å². The third-order valence-electron chi connectivity index (χ3n) is 5.96. The van der Waals surface area contributed by atoms with Crippen molar-refractivity contribution >= 4 is 0 Å². The Kier molecular flexibility index (Phi) is 7.67. The van der Waals surface area contributed by atoms with Crippen LogP contribution in [0.25, 0.3) is 0 Å². The van der Waals surface area contributed by atoms with E-state index < -0.39 is 42.4 Å². The Bertz CT molecular complexity index is 1240. The Morgan fingerprint density at radius 3 is 2.09 bits per heavy atom. The van der Waals surface area contributed by atoms with Crippen LogP contribution in [0.2, 0.25) is 0 Å². The summed E-state index contributed by atoms with van der Waals surface area (Å²) in [6.45, 7) is -0.225. The number of aliphatic hydroxyl groups is 2. The maximum atomic E-state index is 13.2. The number of benzene rings is 2. The Morgan fingerprint density at radius 1 is 0.914 bits per heavy atom. The topological polar surface area (TPSA) is 121 Å². The second kappa shape index (κ2) is 10.9. The van der Waals surface area contributed by atoms with E-state index in [1.807, 2.05) is 12.1 Å². The lowest BCUT2D eigenvalue weighted by Gasteiger charge is -2.21. The van der Waals surface area contributed by atoms with Gasteiger partial charge in [-0.05, 0) is 35.4 Å². The lowest BCUT2D eigenvalue weighted by molar-refractivity contribution is -0.0662. The fourth-order valence-electron chi connectivity index (χ4n) is 4.00. The summed E-state index contributed by atoms with van der Waals surface area (Å²) in [5.41, 5.74) is 0.429. The van der Waals surface area contributed by atoms with Crippen LogP contribution in [0, 0.1) is 0 Å². The molecule has 4 rings (SSSR count). The van der Waals surface area contributed by atoms with Crippen molar-refractivity contribution in [2.24, 2.45) is 0 Å². The summed E-state index contributed by atoms with van der Waals surface area (Å²) in [6.07, 6.45) is -2.86. The number of hydrogen-bond donors (Lipinski definition) is 2. The number of hydrogen-bond acceptors (Lipinski definition) is 8. The predicted octanol–water partition coefficient (Wildman–Crippen LogP) is 0.911. The molecule has 1 aromatic heterocycles. The van der Waals surface area contributed by atoms with Crippen molar-refractivity contribution in [3.05, 3.63) is 92.8 Å². The molecule has 35 heavy (non-hydrogen) atoms. The minimum absolute atomic E-state index is 0.0339. The summed E-state index contributed by atoms with van der Waals surface area (Å²) in [6, 6.07) is 15.5.